The van der Waals surface area contributed by atoms with Crippen LogP contribution in [0.25, 0.3) is 11.1 Å². The lowest BCUT2D eigenvalue weighted by Crippen LogP contribution is -2.89. The fourth-order valence-electron chi connectivity index (χ4n) is 11.7. The number of hydrogen-bond acceptors (Lipinski definition) is 10. The van der Waals surface area contributed by atoms with Gasteiger partial charge >= 0.3 is 0 Å². The van der Waals surface area contributed by atoms with Crippen LogP contribution in [0.4, 0.5) is 0 Å². The zero-order valence-corrected chi connectivity index (χ0v) is 38.7. The molecule has 0 saturated heterocycles. The molecule has 0 spiro atoms. The zero-order valence-electron chi connectivity index (χ0n) is 38.7. The quantitative estimate of drug-likeness (QED) is 0.0518. The van der Waals surface area contributed by atoms with Crippen molar-refractivity contribution in [2.75, 3.05) is 52.9 Å². The number of fused-ring (bicyclic) bond motifs is 3. The third-order valence-corrected chi connectivity index (χ3v) is 12.8. The zero-order chi connectivity index (χ0) is 44.4. The first-order chi connectivity index (χ1) is 29.6. The molecule has 0 amide bonds. The second-order valence-corrected chi connectivity index (χ2v) is 15.5. The Balaban J connectivity index is 2.28. The topological polar surface area (TPSA) is 92.3 Å². The van der Waals surface area contributed by atoms with E-state index < -0.39 is 51.6 Å². The van der Waals surface area contributed by atoms with E-state index in [1.54, 1.807) is 0 Å². The lowest BCUT2D eigenvalue weighted by atomic mass is 9.45. The molecular weight excluding hydrogens is 773 g/mol. The van der Waals surface area contributed by atoms with Crippen LogP contribution < -0.4 is 0 Å². The first-order valence-electron chi connectivity index (χ1n) is 22.9. The predicted octanol–water partition coefficient (Wildman–Crippen LogP) is 10.4. The first-order valence-corrected chi connectivity index (χ1v) is 22.9. The molecule has 0 aromatic heterocycles. The van der Waals surface area contributed by atoms with Crippen LogP contribution in [0.15, 0.2) is 98.5 Å². The minimum Gasteiger partial charge on any atom is -0.491 e. The minimum absolute atomic E-state index is 0.231. The summed E-state index contributed by atoms with van der Waals surface area (Å²) >= 11 is 0. The van der Waals surface area contributed by atoms with Gasteiger partial charge in [0.15, 0.2) is 34.6 Å². The van der Waals surface area contributed by atoms with Crippen LogP contribution in [0.5, 0.6) is 0 Å². The van der Waals surface area contributed by atoms with Gasteiger partial charge in [0.2, 0.25) is 11.6 Å². The molecule has 0 aliphatic heterocycles. The van der Waals surface area contributed by atoms with Gasteiger partial charge < -0.3 is 47.4 Å². The van der Waals surface area contributed by atoms with Crippen LogP contribution in [0.3, 0.4) is 0 Å². The summed E-state index contributed by atoms with van der Waals surface area (Å²) in [6.07, 6.45) is 12.1. The summed E-state index contributed by atoms with van der Waals surface area (Å²) in [6.45, 7) is 30.2. The van der Waals surface area contributed by atoms with Gasteiger partial charge in [0, 0.05) is 52.9 Å². The molecule has 61 heavy (non-hydrogen) atoms. The van der Waals surface area contributed by atoms with E-state index >= 15 is 0 Å². The van der Waals surface area contributed by atoms with E-state index in [9.17, 15) is 0 Å². The second-order valence-electron chi connectivity index (χ2n) is 15.5. The maximum absolute atomic E-state index is 7.79. The Morgan fingerprint density at radius 2 is 0.787 bits per heavy atom. The molecule has 0 fully saturated rings. The number of ether oxygens (including phenoxy) is 10. The van der Waals surface area contributed by atoms with E-state index in [1.165, 1.54) is 12.5 Å². The molecular formula is C51H74O10. The second kappa shape index (κ2) is 20.5. The van der Waals surface area contributed by atoms with Crippen molar-refractivity contribution in [2.45, 2.75) is 147 Å². The van der Waals surface area contributed by atoms with Gasteiger partial charge in [-0.15, -0.1) is 0 Å². The first kappa shape index (κ1) is 48.7. The van der Waals surface area contributed by atoms with Crippen molar-refractivity contribution in [3.8, 4) is 11.1 Å². The maximum Gasteiger partial charge on any atom is 0.237 e. The van der Waals surface area contributed by atoms with Crippen LogP contribution >= 0.6 is 0 Å². The molecule has 6 atom stereocenters. The molecule has 2 aromatic carbocycles. The summed E-state index contributed by atoms with van der Waals surface area (Å²) in [7, 11) is 0. The monoisotopic (exact) mass is 847 g/mol. The van der Waals surface area contributed by atoms with Crippen molar-refractivity contribution >= 4 is 0 Å². The molecule has 0 bridgehead atoms. The lowest BCUT2D eigenvalue weighted by Gasteiger charge is -2.71. The van der Waals surface area contributed by atoms with E-state index in [2.05, 4.69) is 87.7 Å². The van der Waals surface area contributed by atoms with Crippen LogP contribution in [0, 0.1) is 0 Å². The van der Waals surface area contributed by atoms with Gasteiger partial charge in [-0.25, -0.2) is 0 Å². The normalized spacial score (nSPS) is 29.1. The van der Waals surface area contributed by atoms with Crippen LogP contribution in [0.1, 0.15) is 106 Å². The molecule has 3 aliphatic rings. The molecule has 338 valence electrons. The maximum atomic E-state index is 7.79. The SMILES string of the molecule is C=COC1C=CC(OCC)(C2(C3(OCC)C=CC(OC=C)C(CCC)(OCC)C3(OCC)OCC)c3ccccc3-c3ccccc32)C(OCC)(OCC)C1(CCC)OCC. The Labute approximate surface area is 366 Å². The van der Waals surface area contributed by atoms with Crippen molar-refractivity contribution in [3.63, 3.8) is 0 Å². The lowest BCUT2D eigenvalue weighted by molar-refractivity contribution is -0.447. The van der Waals surface area contributed by atoms with Gasteiger partial charge in [-0.05, 0) is 115 Å². The summed E-state index contributed by atoms with van der Waals surface area (Å²) in [5.41, 5.74) is -3.75. The van der Waals surface area contributed by atoms with E-state index in [0.29, 0.717) is 38.9 Å². The molecule has 5 rings (SSSR count). The number of hydrogen-bond donors (Lipinski definition) is 0. The molecule has 2 aromatic rings. The molecule has 3 aliphatic carbocycles. The van der Waals surface area contributed by atoms with E-state index in [-0.39, 0.29) is 39.6 Å². The molecule has 0 N–H and O–H groups in total. The molecule has 10 nitrogen and oxygen atoms in total. The molecule has 0 heterocycles. The van der Waals surface area contributed by atoms with Crippen molar-refractivity contribution in [2.24, 2.45) is 0 Å². The highest BCUT2D eigenvalue weighted by Gasteiger charge is 2.88. The summed E-state index contributed by atoms with van der Waals surface area (Å²) < 4.78 is 73.1. The Kier molecular flexibility index (Phi) is 16.3. The van der Waals surface area contributed by atoms with Crippen molar-refractivity contribution in [3.05, 3.63) is 110 Å². The Hall–Kier alpha value is -3.32. The highest BCUT2D eigenvalue weighted by atomic mass is 16.8. The summed E-state index contributed by atoms with van der Waals surface area (Å²) in [6, 6.07) is 17.0. The smallest absolute Gasteiger partial charge is 0.237 e. The molecule has 6 unspecified atom stereocenters. The Bertz CT molecular complexity index is 1650. The summed E-state index contributed by atoms with van der Waals surface area (Å²) in [5.74, 6) is -3.54. The standard InChI is InChI=1S/C51H74O10/c1-13-35-45(54-17-5)43(52-15-3)33-37-47(56-19-7,50(45,58-21-9)59-22-10)49(41-31-27-25-29-39(41)40-30-26-28-32-42(40)49)48(57-20-8)38-34-44(53-16-4)46(36-14-2,55-18-6)51(48,60-23-11)61-24-12/h15-16,25-34,37-38,43-44H,3-4,13-14,17-24,35-36H2,1-2,5-12H3. The Morgan fingerprint density at radius 3 is 1.08 bits per heavy atom. The average molecular weight is 847 g/mol. The van der Waals surface area contributed by atoms with Crippen LogP contribution in [-0.4, -0.2) is 99.0 Å². The van der Waals surface area contributed by atoms with Crippen LogP contribution in [0.2, 0.25) is 0 Å². The fraction of sp³-hybridized carbons (Fsp3) is 0.608. The van der Waals surface area contributed by atoms with Gasteiger partial charge in [-0.3, -0.25) is 0 Å². The largest absolute Gasteiger partial charge is 0.491 e. The van der Waals surface area contributed by atoms with Gasteiger partial charge in [0.1, 0.15) is 0 Å². The third-order valence-electron chi connectivity index (χ3n) is 12.8. The van der Waals surface area contributed by atoms with Gasteiger partial charge in [0.05, 0.1) is 17.9 Å². The van der Waals surface area contributed by atoms with E-state index in [1.807, 2.05) is 67.5 Å². The summed E-state index contributed by atoms with van der Waals surface area (Å²) in [5, 5.41) is 0. The van der Waals surface area contributed by atoms with Crippen LogP contribution in [-0.2, 0) is 52.8 Å². The van der Waals surface area contributed by atoms with E-state index in [4.69, 9.17) is 47.4 Å². The van der Waals surface area contributed by atoms with Gasteiger partial charge in [-0.2, -0.15) is 0 Å². The third kappa shape index (κ3) is 6.73. The number of rotatable bonds is 26. The molecule has 0 saturated carbocycles. The summed E-state index contributed by atoms with van der Waals surface area (Å²) in [4.78, 5) is 0. The average Bonchev–Trinajstić information content (AvgIpc) is 3.56. The fourth-order valence-corrected chi connectivity index (χ4v) is 11.7. The highest BCUT2D eigenvalue weighted by Crippen LogP contribution is 2.72. The molecule has 10 heteroatoms. The van der Waals surface area contributed by atoms with E-state index in [0.717, 1.165) is 22.3 Å². The Morgan fingerprint density at radius 1 is 0.459 bits per heavy atom. The van der Waals surface area contributed by atoms with Crippen molar-refractivity contribution in [1.82, 2.24) is 0 Å². The predicted molar refractivity (Wildman–Crippen MR) is 240 cm³/mol. The molecule has 0 radical (unpaired) electrons. The van der Waals surface area contributed by atoms with Crippen molar-refractivity contribution in [1.29, 1.82) is 0 Å². The van der Waals surface area contributed by atoms with Crippen molar-refractivity contribution < 1.29 is 47.4 Å². The number of benzene rings is 2. The van der Waals surface area contributed by atoms with Gasteiger partial charge in [0.25, 0.3) is 0 Å². The highest BCUT2D eigenvalue weighted by molar-refractivity contribution is 5.85. The van der Waals surface area contributed by atoms with Gasteiger partial charge in [-0.1, -0.05) is 88.4 Å². The minimum atomic E-state index is -1.77.